The summed E-state index contributed by atoms with van der Waals surface area (Å²) in [5.41, 5.74) is 0.886. The van der Waals surface area contributed by atoms with E-state index in [0.717, 1.165) is 12.0 Å². The first kappa shape index (κ1) is 19.7. The van der Waals surface area contributed by atoms with Gasteiger partial charge in [0.15, 0.2) is 0 Å². The van der Waals surface area contributed by atoms with E-state index in [0.29, 0.717) is 6.54 Å². The van der Waals surface area contributed by atoms with Gasteiger partial charge in [-0.1, -0.05) is 51.1 Å². The average molecular weight is 333 g/mol. The van der Waals surface area contributed by atoms with Crippen LogP contribution in [0.15, 0.2) is 30.3 Å². The molecular weight excluding hydrogens is 306 g/mol. The zero-order valence-electron chi connectivity index (χ0n) is 14.6. The van der Waals surface area contributed by atoms with Crippen molar-refractivity contribution in [3.63, 3.8) is 0 Å². The molecule has 6 nitrogen and oxygen atoms in total. The number of amides is 3. The van der Waals surface area contributed by atoms with Crippen LogP contribution in [-0.4, -0.2) is 36.9 Å². The summed E-state index contributed by atoms with van der Waals surface area (Å²) >= 11 is 0. The third-order valence-corrected chi connectivity index (χ3v) is 3.47. The molecule has 0 aromatic heterocycles. The Bertz CT molecular complexity index is 544. The van der Waals surface area contributed by atoms with Crippen molar-refractivity contribution < 1.29 is 14.4 Å². The second kappa shape index (κ2) is 10.4. The lowest BCUT2D eigenvalue weighted by Gasteiger charge is -2.21. The van der Waals surface area contributed by atoms with Crippen molar-refractivity contribution in [3.05, 3.63) is 35.9 Å². The van der Waals surface area contributed by atoms with Crippen molar-refractivity contribution in [2.45, 2.75) is 39.7 Å². The first-order valence-corrected chi connectivity index (χ1v) is 8.31. The van der Waals surface area contributed by atoms with E-state index in [-0.39, 0.29) is 36.6 Å². The molecule has 0 heterocycles. The fourth-order valence-corrected chi connectivity index (χ4v) is 2.14. The van der Waals surface area contributed by atoms with E-state index in [2.05, 4.69) is 16.0 Å². The molecule has 0 aliphatic rings. The second-order valence-electron chi connectivity index (χ2n) is 6.02. The van der Waals surface area contributed by atoms with E-state index >= 15 is 0 Å². The van der Waals surface area contributed by atoms with Gasteiger partial charge in [0.2, 0.25) is 17.7 Å². The van der Waals surface area contributed by atoms with Crippen LogP contribution in [0.5, 0.6) is 0 Å². The van der Waals surface area contributed by atoms with Gasteiger partial charge in [0.25, 0.3) is 0 Å². The summed E-state index contributed by atoms with van der Waals surface area (Å²) in [4.78, 5) is 35.9. The zero-order valence-corrected chi connectivity index (χ0v) is 14.6. The number of carbonyl (C=O) groups excluding carboxylic acids is 3. The molecule has 24 heavy (non-hydrogen) atoms. The van der Waals surface area contributed by atoms with Crippen LogP contribution in [-0.2, 0) is 20.8 Å². The highest BCUT2D eigenvalue weighted by Crippen LogP contribution is 2.04. The molecule has 1 aromatic carbocycles. The molecular formula is C18H27N3O3. The Morgan fingerprint density at radius 2 is 1.67 bits per heavy atom. The Balaban J connectivity index is 2.51. The molecule has 3 amide bonds. The SMILES string of the molecule is CCCNC(=O)CNC(=O)[C@@H](NC(=O)Cc1ccccc1)C(C)C. The summed E-state index contributed by atoms with van der Waals surface area (Å²) in [5.74, 6) is -0.879. The lowest BCUT2D eigenvalue weighted by Crippen LogP contribution is -2.51. The topological polar surface area (TPSA) is 87.3 Å². The Labute approximate surface area is 143 Å². The van der Waals surface area contributed by atoms with Gasteiger partial charge in [-0.15, -0.1) is 0 Å². The standard InChI is InChI=1S/C18H27N3O3/c1-4-10-19-16(23)12-20-18(24)17(13(2)3)21-15(22)11-14-8-6-5-7-9-14/h5-9,13,17H,4,10-12H2,1-3H3,(H,19,23)(H,20,24)(H,21,22)/t17-/m0/s1. The highest BCUT2D eigenvalue weighted by molar-refractivity contribution is 5.91. The highest BCUT2D eigenvalue weighted by Gasteiger charge is 2.24. The van der Waals surface area contributed by atoms with Gasteiger partial charge < -0.3 is 16.0 Å². The molecule has 1 rings (SSSR count). The Morgan fingerprint density at radius 3 is 2.25 bits per heavy atom. The molecule has 0 aliphatic heterocycles. The van der Waals surface area contributed by atoms with Crippen LogP contribution in [0.2, 0.25) is 0 Å². The van der Waals surface area contributed by atoms with E-state index in [4.69, 9.17) is 0 Å². The van der Waals surface area contributed by atoms with Gasteiger partial charge in [-0.25, -0.2) is 0 Å². The summed E-state index contributed by atoms with van der Waals surface area (Å²) in [6, 6.07) is 8.67. The average Bonchev–Trinajstić information content (AvgIpc) is 2.56. The third kappa shape index (κ3) is 7.26. The van der Waals surface area contributed by atoms with Gasteiger partial charge in [-0.05, 0) is 17.9 Å². The summed E-state index contributed by atoms with van der Waals surface area (Å²) in [6.07, 6.45) is 1.05. The van der Waals surface area contributed by atoms with Crippen molar-refractivity contribution in [1.29, 1.82) is 0 Å². The molecule has 0 unspecified atom stereocenters. The Hall–Kier alpha value is -2.37. The van der Waals surface area contributed by atoms with Crippen molar-refractivity contribution in [3.8, 4) is 0 Å². The van der Waals surface area contributed by atoms with Crippen LogP contribution in [0, 0.1) is 5.92 Å². The number of nitrogens with one attached hydrogen (secondary N) is 3. The molecule has 3 N–H and O–H groups in total. The summed E-state index contributed by atoms with van der Waals surface area (Å²) in [7, 11) is 0. The maximum atomic E-state index is 12.2. The molecule has 0 bridgehead atoms. The minimum absolute atomic E-state index is 0.0802. The predicted molar refractivity (Wildman–Crippen MR) is 93.2 cm³/mol. The minimum atomic E-state index is -0.666. The number of rotatable bonds is 9. The summed E-state index contributed by atoms with van der Waals surface area (Å²) < 4.78 is 0. The van der Waals surface area contributed by atoms with Gasteiger partial charge in [-0.3, -0.25) is 14.4 Å². The number of hydrogen-bond acceptors (Lipinski definition) is 3. The number of hydrogen-bond donors (Lipinski definition) is 3. The molecule has 0 spiro atoms. The number of benzene rings is 1. The minimum Gasteiger partial charge on any atom is -0.355 e. The van der Waals surface area contributed by atoms with Crippen LogP contribution >= 0.6 is 0 Å². The van der Waals surface area contributed by atoms with Gasteiger partial charge in [0.05, 0.1) is 13.0 Å². The third-order valence-electron chi connectivity index (χ3n) is 3.47. The zero-order chi connectivity index (χ0) is 17.9. The lowest BCUT2D eigenvalue weighted by molar-refractivity contribution is -0.131. The Morgan fingerprint density at radius 1 is 1.00 bits per heavy atom. The largest absolute Gasteiger partial charge is 0.355 e. The van der Waals surface area contributed by atoms with Gasteiger partial charge >= 0.3 is 0 Å². The fourth-order valence-electron chi connectivity index (χ4n) is 2.14. The molecule has 0 saturated carbocycles. The van der Waals surface area contributed by atoms with Crippen molar-refractivity contribution >= 4 is 17.7 Å². The van der Waals surface area contributed by atoms with Crippen molar-refractivity contribution in [2.24, 2.45) is 5.92 Å². The monoisotopic (exact) mass is 333 g/mol. The van der Waals surface area contributed by atoms with Crippen molar-refractivity contribution in [1.82, 2.24) is 16.0 Å². The van der Waals surface area contributed by atoms with E-state index in [1.165, 1.54) is 0 Å². The quantitative estimate of drug-likeness (QED) is 0.630. The molecule has 0 aliphatic carbocycles. The van der Waals surface area contributed by atoms with Crippen LogP contribution in [0.25, 0.3) is 0 Å². The van der Waals surface area contributed by atoms with Crippen LogP contribution in [0.4, 0.5) is 0 Å². The second-order valence-corrected chi connectivity index (χ2v) is 6.02. The number of carbonyl (C=O) groups is 3. The van der Waals surface area contributed by atoms with E-state index < -0.39 is 6.04 Å². The Kier molecular flexibility index (Phi) is 8.54. The van der Waals surface area contributed by atoms with Crippen LogP contribution in [0.3, 0.4) is 0 Å². The first-order chi connectivity index (χ1) is 11.4. The van der Waals surface area contributed by atoms with E-state index in [1.54, 1.807) is 0 Å². The molecule has 0 fully saturated rings. The molecule has 1 aromatic rings. The van der Waals surface area contributed by atoms with E-state index in [9.17, 15) is 14.4 Å². The summed E-state index contributed by atoms with van der Waals surface area (Å²) in [6.45, 7) is 6.15. The predicted octanol–water partition coefficient (Wildman–Crippen LogP) is 1.01. The normalized spacial score (nSPS) is 11.7. The maximum absolute atomic E-state index is 12.2. The maximum Gasteiger partial charge on any atom is 0.243 e. The molecule has 0 radical (unpaired) electrons. The van der Waals surface area contributed by atoms with Gasteiger partial charge in [0, 0.05) is 6.54 Å². The van der Waals surface area contributed by atoms with Crippen molar-refractivity contribution in [2.75, 3.05) is 13.1 Å². The van der Waals surface area contributed by atoms with Crippen LogP contribution < -0.4 is 16.0 Å². The summed E-state index contributed by atoms with van der Waals surface area (Å²) in [5, 5.41) is 8.01. The van der Waals surface area contributed by atoms with E-state index in [1.807, 2.05) is 51.1 Å². The molecule has 132 valence electrons. The first-order valence-electron chi connectivity index (χ1n) is 8.31. The van der Waals surface area contributed by atoms with Gasteiger partial charge in [-0.2, -0.15) is 0 Å². The van der Waals surface area contributed by atoms with Gasteiger partial charge in [0.1, 0.15) is 6.04 Å². The fraction of sp³-hybridized carbons (Fsp3) is 0.500. The molecule has 1 atom stereocenters. The lowest BCUT2D eigenvalue weighted by atomic mass is 10.0. The highest BCUT2D eigenvalue weighted by atomic mass is 16.2. The smallest absolute Gasteiger partial charge is 0.243 e. The molecule has 6 heteroatoms. The van der Waals surface area contributed by atoms with Crippen LogP contribution in [0.1, 0.15) is 32.8 Å². The molecule has 0 saturated heterocycles.